The summed E-state index contributed by atoms with van der Waals surface area (Å²) in [5, 5.41) is 1.61. The van der Waals surface area contributed by atoms with E-state index in [1.54, 1.807) is 43.3 Å². The summed E-state index contributed by atoms with van der Waals surface area (Å²) in [4.78, 5) is 11.9. The quantitative estimate of drug-likeness (QED) is 0.163. The maximum absolute atomic E-state index is 13.7. The molecule has 0 aliphatic carbocycles. The van der Waals surface area contributed by atoms with E-state index in [1.807, 2.05) is 13.8 Å². The van der Waals surface area contributed by atoms with Gasteiger partial charge in [0, 0.05) is 34.7 Å². The van der Waals surface area contributed by atoms with E-state index in [4.69, 9.17) is 12.5 Å². The van der Waals surface area contributed by atoms with E-state index in [-0.39, 0.29) is 31.2 Å². The maximum Gasteiger partial charge on any atom is 0.299 e. The van der Waals surface area contributed by atoms with Crippen LogP contribution in [0.5, 0.6) is 0 Å². The van der Waals surface area contributed by atoms with Crippen LogP contribution in [0.3, 0.4) is 0 Å². The molecule has 0 saturated carbocycles. The van der Waals surface area contributed by atoms with Crippen LogP contribution in [0.1, 0.15) is 16.7 Å². The standard InChI is InChI=1S/C33H29N3O9S3/c1-21-13-24-7-4-10-28(31(24)34-16-21)46(37,38)43-19-27(45-48(41,42)30-12-6-9-26-15-23(3)18-36-33(26)30)20-44-47(39,40)29-11-5-8-25-14-22(2)17-35-32(25)29/h4-18,27H,19-20H2,1-3H3. The van der Waals surface area contributed by atoms with Crippen LogP contribution in [-0.4, -0.2) is 59.5 Å². The summed E-state index contributed by atoms with van der Waals surface area (Å²) in [6, 6.07) is 18.7. The molecule has 0 unspecified atom stereocenters. The van der Waals surface area contributed by atoms with Gasteiger partial charge in [-0.25, -0.2) is 0 Å². The average molecular weight is 708 g/mol. The number of fused-ring (bicyclic) bond motifs is 3. The number of benzene rings is 3. The molecule has 0 saturated heterocycles. The molecule has 6 aromatic rings. The predicted octanol–water partition coefficient (Wildman–Crippen LogP) is 5.14. The zero-order valence-corrected chi connectivity index (χ0v) is 28.3. The highest BCUT2D eigenvalue weighted by atomic mass is 32.2. The van der Waals surface area contributed by atoms with Gasteiger partial charge in [0.2, 0.25) is 0 Å². The largest absolute Gasteiger partial charge is 0.299 e. The second-order valence-electron chi connectivity index (χ2n) is 11.2. The minimum atomic E-state index is -4.68. The predicted molar refractivity (Wildman–Crippen MR) is 178 cm³/mol. The molecule has 0 atom stereocenters. The molecule has 48 heavy (non-hydrogen) atoms. The number of aromatic nitrogens is 3. The fourth-order valence-electron chi connectivity index (χ4n) is 5.13. The van der Waals surface area contributed by atoms with Gasteiger partial charge in [0.05, 0.1) is 29.8 Å². The summed E-state index contributed by atoms with van der Waals surface area (Å²) in [7, 11) is -13.8. The Kier molecular flexibility index (Phi) is 9.02. The number of rotatable bonds is 11. The van der Waals surface area contributed by atoms with Gasteiger partial charge < -0.3 is 0 Å². The van der Waals surface area contributed by atoms with Crippen LogP contribution in [0.25, 0.3) is 32.7 Å². The molecule has 0 fully saturated rings. The van der Waals surface area contributed by atoms with Crippen LogP contribution >= 0.6 is 0 Å². The second-order valence-corrected chi connectivity index (χ2v) is 15.9. The summed E-state index contributed by atoms with van der Waals surface area (Å²) in [6.07, 6.45) is 2.74. The van der Waals surface area contributed by atoms with E-state index in [2.05, 4.69) is 15.0 Å². The van der Waals surface area contributed by atoms with Gasteiger partial charge in [0.1, 0.15) is 20.8 Å². The van der Waals surface area contributed by atoms with Crippen molar-refractivity contribution >= 4 is 63.1 Å². The topological polar surface area (TPSA) is 169 Å². The van der Waals surface area contributed by atoms with Gasteiger partial charge in [-0.2, -0.15) is 25.3 Å². The molecule has 3 aromatic carbocycles. The molecular formula is C33H29N3O9S3. The van der Waals surface area contributed by atoms with Crippen LogP contribution in [0.4, 0.5) is 0 Å². The SMILES string of the molecule is Cc1cnc2c(S(=O)(=O)OCC(COS(=O)(=O)c3cccc4cc(C)cnc34)OS(=O)(=O)c3cccc4cc(C)cnc34)cccc2c1. The minimum Gasteiger partial charge on any atom is -0.263 e. The summed E-state index contributed by atoms with van der Waals surface area (Å²) in [6.45, 7) is 3.56. The molecule has 6 rings (SSSR count). The summed E-state index contributed by atoms with van der Waals surface area (Å²) < 4.78 is 97.1. The third kappa shape index (κ3) is 6.92. The summed E-state index contributed by atoms with van der Waals surface area (Å²) in [5.74, 6) is 0. The van der Waals surface area contributed by atoms with Crippen LogP contribution in [0, 0.1) is 20.8 Å². The number of aryl methyl sites for hydroxylation is 3. The Morgan fingerprint density at radius 2 is 0.854 bits per heavy atom. The molecular weight excluding hydrogens is 679 g/mol. The number of hydrogen-bond acceptors (Lipinski definition) is 12. The van der Waals surface area contributed by atoms with E-state index in [1.165, 1.54) is 55.0 Å². The van der Waals surface area contributed by atoms with Crippen molar-refractivity contribution in [2.45, 2.75) is 41.6 Å². The van der Waals surface area contributed by atoms with Crippen LogP contribution in [0.2, 0.25) is 0 Å². The number of para-hydroxylation sites is 3. The Bertz CT molecular complexity index is 2420. The van der Waals surface area contributed by atoms with Gasteiger partial charge in [-0.1, -0.05) is 36.4 Å². The average Bonchev–Trinajstić information content (AvgIpc) is 3.04. The number of hydrogen-bond donors (Lipinski definition) is 0. The van der Waals surface area contributed by atoms with Crippen molar-refractivity contribution < 1.29 is 37.8 Å². The molecule has 15 heteroatoms. The minimum absolute atomic E-state index is 0.109. The third-order valence-electron chi connectivity index (χ3n) is 7.32. The van der Waals surface area contributed by atoms with E-state index >= 15 is 0 Å². The summed E-state index contributed by atoms with van der Waals surface area (Å²) >= 11 is 0. The molecule has 12 nitrogen and oxygen atoms in total. The first-order valence-corrected chi connectivity index (χ1v) is 18.7. The molecule has 3 aromatic heterocycles. The van der Waals surface area contributed by atoms with Crippen molar-refractivity contribution in [2.24, 2.45) is 0 Å². The van der Waals surface area contributed by atoms with Crippen molar-refractivity contribution in [1.82, 2.24) is 15.0 Å². The highest BCUT2D eigenvalue weighted by Crippen LogP contribution is 2.28. The van der Waals surface area contributed by atoms with Crippen molar-refractivity contribution in [2.75, 3.05) is 13.2 Å². The summed E-state index contributed by atoms with van der Waals surface area (Å²) in [5.41, 5.74) is 2.81. The van der Waals surface area contributed by atoms with Crippen molar-refractivity contribution in [1.29, 1.82) is 0 Å². The van der Waals surface area contributed by atoms with Crippen LogP contribution in [-0.2, 0) is 42.9 Å². The molecule has 0 bridgehead atoms. The van der Waals surface area contributed by atoms with Gasteiger partial charge in [-0.05, 0) is 73.9 Å². The first-order chi connectivity index (χ1) is 22.7. The van der Waals surface area contributed by atoms with E-state index in [9.17, 15) is 25.3 Å². The lowest BCUT2D eigenvalue weighted by atomic mass is 10.2. The zero-order valence-electron chi connectivity index (χ0n) is 25.9. The number of nitrogens with zero attached hydrogens (tertiary/aromatic N) is 3. The Morgan fingerprint density at radius 3 is 1.21 bits per heavy atom. The molecule has 0 radical (unpaired) electrons. The Labute approximate surface area is 277 Å². The van der Waals surface area contributed by atoms with Gasteiger partial charge in [-0.3, -0.25) is 27.5 Å². The first kappa shape index (κ1) is 33.5. The molecule has 0 spiro atoms. The molecule has 248 valence electrons. The van der Waals surface area contributed by atoms with E-state index in [0.717, 1.165) is 16.7 Å². The highest BCUT2D eigenvalue weighted by Gasteiger charge is 2.30. The van der Waals surface area contributed by atoms with Gasteiger partial charge in [0.25, 0.3) is 30.4 Å². The monoisotopic (exact) mass is 707 g/mol. The smallest absolute Gasteiger partial charge is 0.263 e. The van der Waals surface area contributed by atoms with Crippen molar-refractivity contribution in [3.8, 4) is 0 Å². The molecule has 0 amide bonds. The first-order valence-electron chi connectivity index (χ1n) is 14.5. The van der Waals surface area contributed by atoms with E-state index < -0.39 is 49.7 Å². The van der Waals surface area contributed by atoms with Crippen molar-refractivity contribution in [3.63, 3.8) is 0 Å². The van der Waals surface area contributed by atoms with Gasteiger partial charge >= 0.3 is 0 Å². The Hall–Kier alpha value is -4.38. The lowest BCUT2D eigenvalue weighted by Gasteiger charge is -2.19. The van der Waals surface area contributed by atoms with Crippen LogP contribution in [0.15, 0.2) is 106 Å². The maximum atomic E-state index is 13.7. The molecule has 0 aliphatic heterocycles. The van der Waals surface area contributed by atoms with Gasteiger partial charge in [0.15, 0.2) is 0 Å². The Balaban J connectivity index is 1.33. The van der Waals surface area contributed by atoms with Crippen molar-refractivity contribution in [3.05, 3.63) is 108 Å². The Morgan fingerprint density at radius 1 is 0.521 bits per heavy atom. The zero-order chi connectivity index (χ0) is 34.3. The fraction of sp³-hybridized carbons (Fsp3) is 0.182. The highest BCUT2D eigenvalue weighted by molar-refractivity contribution is 7.87. The third-order valence-corrected chi connectivity index (χ3v) is 11.3. The second kappa shape index (κ2) is 12.9. The molecule has 0 N–H and O–H groups in total. The van der Waals surface area contributed by atoms with E-state index in [0.29, 0.717) is 16.2 Å². The van der Waals surface area contributed by atoms with Gasteiger partial charge in [-0.15, -0.1) is 0 Å². The molecule has 3 heterocycles. The van der Waals surface area contributed by atoms with Crippen LogP contribution < -0.4 is 0 Å². The lowest BCUT2D eigenvalue weighted by molar-refractivity contribution is 0.0911. The lowest BCUT2D eigenvalue weighted by Crippen LogP contribution is -2.31. The normalized spacial score (nSPS) is 12.8. The molecule has 0 aliphatic rings. The fourth-order valence-corrected chi connectivity index (χ4v) is 8.57. The number of pyridine rings is 3.